The SMILES string of the molecule is COCCNC(c1cnc(NC(=O)C2(c3ccc4c(c3)OCO4)CC2)s1)c1ccccc1Cl. The number of hydrogen-bond acceptors (Lipinski definition) is 7. The number of carbonyl (C=O) groups is 1. The average Bonchev–Trinajstić information content (AvgIpc) is 3.28. The molecule has 1 saturated carbocycles. The van der Waals surface area contributed by atoms with E-state index in [9.17, 15) is 4.79 Å². The molecule has 2 aliphatic rings. The van der Waals surface area contributed by atoms with E-state index in [0.29, 0.717) is 34.8 Å². The molecule has 0 saturated heterocycles. The number of aromatic nitrogens is 1. The van der Waals surface area contributed by atoms with Crippen molar-refractivity contribution in [1.29, 1.82) is 0 Å². The molecule has 1 aliphatic heterocycles. The molecular formula is C24H24ClN3O4S. The molecule has 0 radical (unpaired) electrons. The van der Waals surface area contributed by atoms with Crippen molar-refractivity contribution in [3.8, 4) is 11.5 Å². The van der Waals surface area contributed by atoms with Gasteiger partial charge >= 0.3 is 0 Å². The molecule has 7 nitrogen and oxygen atoms in total. The first-order valence-corrected chi connectivity index (χ1v) is 11.9. The van der Waals surface area contributed by atoms with E-state index in [4.69, 9.17) is 25.8 Å². The second-order valence-electron chi connectivity index (χ2n) is 8.07. The van der Waals surface area contributed by atoms with Crippen molar-refractivity contribution in [2.24, 2.45) is 0 Å². The minimum absolute atomic E-state index is 0.0519. The Morgan fingerprint density at radius 1 is 1.24 bits per heavy atom. The quantitative estimate of drug-likeness (QED) is 0.434. The number of halogens is 1. The Labute approximate surface area is 201 Å². The van der Waals surface area contributed by atoms with E-state index in [0.717, 1.165) is 28.8 Å². The van der Waals surface area contributed by atoms with Gasteiger partial charge in [-0.05, 0) is 42.2 Å². The summed E-state index contributed by atoms with van der Waals surface area (Å²) in [6, 6.07) is 13.3. The van der Waals surface area contributed by atoms with Gasteiger partial charge in [-0.2, -0.15) is 0 Å². The van der Waals surface area contributed by atoms with Gasteiger partial charge in [0.05, 0.1) is 18.1 Å². The van der Waals surface area contributed by atoms with Gasteiger partial charge in [0.2, 0.25) is 12.7 Å². The predicted molar refractivity (Wildman–Crippen MR) is 127 cm³/mol. The number of benzene rings is 2. The Morgan fingerprint density at radius 2 is 2.06 bits per heavy atom. The Kier molecular flexibility index (Phi) is 6.25. The molecule has 2 aromatic carbocycles. The Balaban J connectivity index is 1.34. The van der Waals surface area contributed by atoms with Crippen LogP contribution in [0.2, 0.25) is 5.02 Å². The molecule has 172 valence electrons. The predicted octanol–water partition coefficient (Wildman–Crippen LogP) is 4.52. The van der Waals surface area contributed by atoms with E-state index in [1.165, 1.54) is 11.3 Å². The maximum Gasteiger partial charge on any atom is 0.236 e. The number of rotatable bonds is 9. The first-order chi connectivity index (χ1) is 16.1. The highest BCUT2D eigenvalue weighted by Gasteiger charge is 2.52. The van der Waals surface area contributed by atoms with E-state index >= 15 is 0 Å². The van der Waals surface area contributed by atoms with Crippen molar-refractivity contribution in [1.82, 2.24) is 10.3 Å². The molecule has 5 rings (SSSR count). The first-order valence-electron chi connectivity index (χ1n) is 10.7. The van der Waals surface area contributed by atoms with Crippen LogP contribution < -0.4 is 20.1 Å². The number of fused-ring (bicyclic) bond motifs is 1. The molecule has 1 aromatic heterocycles. The number of nitrogens with one attached hydrogen (secondary N) is 2. The average molecular weight is 486 g/mol. The number of nitrogens with zero attached hydrogens (tertiary/aromatic N) is 1. The lowest BCUT2D eigenvalue weighted by Crippen LogP contribution is -2.27. The lowest BCUT2D eigenvalue weighted by Gasteiger charge is -2.18. The summed E-state index contributed by atoms with van der Waals surface area (Å²) in [6.07, 6.45) is 3.36. The van der Waals surface area contributed by atoms with Crippen LogP contribution in [0.25, 0.3) is 0 Å². The zero-order chi connectivity index (χ0) is 22.8. The summed E-state index contributed by atoms with van der Waals surface area (Å²) in [6.45, 7) is 1.44. The highest BCUT2D eigenvalue weighted by atomic mass is 35.5. The smallest absolute Gasteiger partial charge is 0.236 e. The van der Waals surface area contributed by atoms with Gasteiger partial charge in [0.15, 0.2) is 16.6 Å². The molecule has 0 bridgehead atoms. The van der Waals surface area contributed by atoms with Gasteiger partial charge in [0.1, 0.15) is 0 Å². The Bertz CT molecular complexity index is 1160. The monoisotopic (exact) mass is 485 g/mol. The fourth-order valence-corrected chi connectivity index (χ4v) is 5.19. The van der Waals surface area contributed by atoms with Gasteiger partial charge in [0, 0.05) is 29.8 Å². The second kappa shape index (κ2) is 9.30. The van der Waals surface area contributed by atoms with Crippen molar-refractivity contribution in [3.05, 3.63) is 69.7 Å². The van der Waals surface area contributed by atoms with Gasteiger partial charge in [-0.15, -0.1) is 0 Å². The van der Waals surface area contributed by atoms with E-state index in [1.54, 1.807) is 13.3 Å². The van der Waals surface area contributed by atoms with Crippen LogP contribution in [0.15, 0.2) is 48.7 Å². The Morgan fingerprint density at radius 3 is 2.85 bits per heavy atom. The van der Waals surface area contributed by atoms with Crippen LogP contribution in [0.5, 0.6) is 11.5 Å². The molecule has 1 atom stereocenters. The summed E-state index contributed by atoms with van der Waals surface area (Å²) < 4.78 is 16.1. The molecule has 1 unspecified atom stereocenters. The number of anilines is 1. The topological polar surface area (TPSA) is 81.7 Å². The fraction of sp³-hybridized carbons (Fsp3) is 0.333. The minimum Gasteiger partial charge on any atom is -0.454 e. The number of thiazole rings is 1. The molecule has 3 aromatic rings. The first kappa shape index (κ1) is 22.2. The molecular weight excluding hydrogens is 462 g/mol. The van der Waals surface area contributed by atoms with Gasteiger partial charge < -0.3 is 24.8 Å². The van der Waals surface area contributed by atoms with Crippen molar-refractivity contribution in [2.75, 3.05) is 32.4 Å². The van der Waals surface area contributed by atoms with Crippen molar-refractivity contribution in [3.63, 3.8) is 0 Å². The summed E-state index contributed by atoms with van der Waals surface area (Å²) in [7, 11) is 1.67. The molecule has 2 N–H and O–H groups in total. The lowest BCUT2D eigenvalue weighted by molar-refractivity contribution is -0.118. The summed E-state index contributed by atoms with van der Waals surface area (Å²) in [4.78, 5) is 18.7. The van der Waals surface area contributed by atoms with Crippen LogP contribution in [-0.4, -0.2) is 37.9 Å². The van der Waals surface area contributed by atoms with Crippen molar-refractivity contribution in [2.45, 2.75) is 24.3 Å². The molecule has 1 fully saturated rings. The third kappa shape index (κ3) is 4.44. The van der Waals surface area contributed by atoms with Crippen LogP contribution in [0.4, 0.5) is 5.13 Å². The molecule has 1 amide bonds. The van der Waals surface area contributed by atoms with Crippen LogP contribution in [0, 0.1) is 0 Å². The standard InChI is InChI=1S/C24H24ClN3O4S/c1-30-11-10-26-21(16-4-2-3-5-17(16)25)20-13-27-23(33-20)28-22(29)24(8-9-24)15-6-7-18-19(12-15)32-14-31-18/h2-7,12-13,21,26H,8-11,14H2,1H3,(H,27,28,29). The maximum absolute atomic E-state index is 13.2. The molecule has 0 spiro atoms. The van der Waals surface area contributed by atoms with Crippen LogP contribution >= 0.6 is 22.9 Å². The van der Waals surface area contributed by atoms with Gasteiger partial charge in [-0.25, -0.2) is 4.98 Å². The Hall–Kier alpha value is -2.65. The number of methoxy groups -OCH3 is 1. The van der Waals surface area contributed by atoms with E-state index in [2.05, 4.69) is 15.6 Å². The highest BCUT2D eigenvalue weighted by Crippen LogP contribution is 2.51. The molecule has 2 heterocycles. The van der Waals surface area contributed by atoms with Crippen molar-refractivity contribution >= 4 is 34.0 Å². The number of carbonyl (C=O) groups excluding carboxylic acids is 1. The highest BCUT2D eigenvalue weighted by molar-refractivity contribution is 7.15. The largest absolute Gasteiger partial charge is 0.454 e. The van der Waals surface area contributed by atoms with E-state index < -0.39 is 5.41 Å². The third-order valence-electron chi connectivity index (χ3n) is 6.01. The van der Waals surface area contributed by atoms with E-state index in [-0.39, 0.29) is 18.7 Å². The number of hydrogen-bond donors (Lipinski definition) is 2. The van der Waals surface area contributed by atoms with Gasteiger partial charge in [-0.1, -0.05) is 47.2 Å². The molecule has 33 heavy (non-hydrogen) atoms. The number of ether oxygens (including phenoxy) is 3. The summed E-state index contributed by atoms with van der Waals surface area (Å²) in [5.74, 6) is 1.35. The number of amides is 1. The summed E-state index contributed by atoms with van der Waals surface area (Å²) in [5, 5.41) is 7.74. The van der Waals surface area contributed by atoms with Crippen molar-refractivity contribution < 1.29 is 19.0 Å². The molecule has 9 heteroatoms. The zero-order valence-corrected chi connectivity index (χ0v) is 19.7. The van der Waals surface area contributed by atoms with Gasteiger partial charge in [-0.3, -0.25) is 4.79 Å². The van der Waals surface area contributed by atoms with Gasteiger partial charge in [0.25, 0.3) is 0 Å². The van der Waals surface area contributed by atoms with Crippen LogP contribution in [0.3, 0.4) is 0 Å². The zero-order valence-electron chi connectivity index (χ0n) is 18.1. The summed E-state index contributed by atoms with van der Waals surface area (Å²) in [5.41, 5.74) is 1.35. The second-order valence-corrected chi connectivity index (χ2v) is 9.54. The van der Waals surface area contributed by atoms with Crippen LogP contribution in [0.1, 0.15) is 34.9 Å². The van der Waals surface area contributed by atoms with E-state index in [1.807, 2.05) is 42.5 Å². The van der Waals surface area contributed by atoms with Crippen LogP contribution in [-0.2, 0) is 14.9 Å². The maximum atomic E-state index is 13.2. The third-order valence-corrected chi connectivity index (χ3v) is 7.33. The molecule has 1 aliphatic carbocycles. The normalized spacial score (nSPS) is 16.4. The minimum atomic E-state index is -0.550. The lowest BCUT2D eigenvalue weighted by atomic mass is 9.94. The fourth-order valence-electron chi connectivity index (χ4n) is 4.04. The summed E-state index contributed by atoms with van der Waals surface area (Å²) >= 11 is 7.91.